The van der Waals surface area contributed by atoms with Gasteiger partial charge in [0.15, 0.2) is 5.82 Å². The maximum Gasteiger partial charge on any atom is 0.256 e. The summed E-state index contributed by atoms with van der Waals surface area (Å²) < 4.78 is 13.5. The van der Waals surface area contributed by atoms with E-state index >= 15 is 0 Å². The van der Waals surface area contributed by atoms with Gasteiger partial charge in [-0.05, 0) is 31.7 Å². The topological polar surface area (TPSA) is 59.2 Å². The molecule has 1 aliphatic rings. The van der Waals surface area contributed by atoms with Gasteiger partial charge in [0.25, 0.3) is 5.91 Å². The number of amides is 1. The quantitative estimate of drug-likeness (QED) is 0.908. The van der Waals surface area contributed by atoms with E-state index in [0.29, 0.717) is 19.0 Å². The number of nitrogens with zero attached hydrogens (tertiary/aromatic N) is 2. The van der Waals surface area contributed by atoms with Crippen LogP contribution in [0.3, 0.4) is 0 Å². The minimum atomic E-state index is -0.564. The zero-order chi connectivity index (χ0) is 13.1. The number of hydrogen-bond acceptors (Lipinski definition) is 3. The molecule has 2 rings (SSSR count). The lowest BCUT2D eigenvalue weighted by Gasteiger charge is -2.34. The summed E-state index contributed by atoms with van der Waals surface area (Å²) in [7, 11) is 0. The summed E-state index contributed by atoms with van der Waals surface area (Å²) in [4.78, 5) is 17.5. The number of nitrogens with two attached hydrogens (primary N) is 1. The summed E-state index contributed by atoms with van der Waals surface area (Å²) >= 11 is 0. The van der Waals surface area contributed by atoms with Crippen molar-refractivity contribution in [3.8, 4) is 0 Å². The Hall–Kier alpha value is -0.910. The molecule has 2 N–H and O–H groups in total. The molecule has 1 fully saturated rings. The smallest absolute Gasteiger partial charge is 0.256 e. The summed E-state index contributed by atoms with van der Waals surface area (Å²) in [5.74, 6) is -0.529. The molecule has 1 aromatic heterocycles. The Morgan fingerprint density at radius 2 is 2.25 bits per heavy atom. The predicted molar refractivity (Wildman–Crippen MR) is 81.0 cm³/mol. The standard InChI is InChI=1S/C13H18FN3O.2ClH/c1-9(15)10-3-2-6-17(8-10)13(18)11-4-5-16-7-12(11)14;;/h4-5,7,9-10H,2-3,6,8,15H2,1H3;2*1H. The molecule has 2 heterocycles. The second-order valence-electron chi connectivity index (χ2n) is 4.87. The van der Waals surface area contributed by atoms with Crippen molar-refractivity contribution in [3.63, 3.8) is 0 Å². The van der Waals surface area contributed by atoms with Crippen LogP contribution in [0.1, 0.15) is 30.1 Å². The number of likely N-dealkylation sites (tertiary alicyclic amines) is 1. The number of pyridine rings is 1. The van der Waals surface area contributed by atoms with Crippen LogP contribution in [0.5, 0.6) is 0 Å². The van der Waals surface area contributed by atoms with E-state index in [1.54, 1.807) is 4.90 Å². The minimum Gasteiger partial charge on any atom is -0.338 e. The molecule has 0 aromatic carbocycles. The van der Waals surface area contributed by atoms with E-state index in [9.17, 15) is 9.18 Å². The molecule has 2 unspecified atom stereocenters. The summed E-state index contributed by atoms with van der Waals surface area (Å²) in [6, 6.07) is 1.48. The van der Waals surface area contributed by atoms with Crippen molar-refractivity contribution in [1.29, 1.82) is 0 Å². The zero-order valence-corrected chi connectivity index (χ0v) is 12.9. The summed E-state index contributed by atoms with van der Waals surface area (Å²) in [5, 5.41) is 0. The molecule has 0 radical (unpaired) electrons. The van der Waals surface area contributed by atoms with Gasteiger partial charge in [0.1, 0.15) is 0 Å². The first-order chi connectivity index (χ1) is 8.59. The maximum atomic E-state index is 13.5. The van der Waals surface area contributed by atoms with Gasteiger partial charge in [-0.25, -0.2) is 4.39 Å². The van der Waals surface area contributed by atoms with Crippen LogP contribution in [0.4, 0.5) is 4.39 Å². The number of rotatable bonds is 2. The SMILES string of the molecule is CC(N)C1CCCN(C(=O)c2ccncc2F)C1.Cl.Cl. The highest BCUT2D eigenvalue weighted by Gasteiger charge is 2.27. The molecule has 2 atom stereocenters. The lowest BCUT2D eigenvalue weighted by Crippen LogP contribution is -2.45. The Morgan fingerprint density at radius 1 is 1.55 bits per heavy atom. The minimum absolute atomic E-state index is 0. The number of carbonyl (C=O) groups excluding carboxylic acids is 1. The molecule has 1 saturated heterocycles. The van der Waals surface area contributed by atoms with Crippen LogP contribution in [0.25, 0.3) is 0 Å². The van der Waals surface area contributed by atoms with Crippen LogP contribution in [-0.2, 0) is 0 Å². The first kappa shape index (κ1) is 19.1. The Balaban J connectivity index is 0.00000180. The van der Waals surface area contributed by atoms with Gasteiger partial charge in [0.2, 0.25) is 0 Å². The second kappa shape index (κ2) is 8.39. The van der Waals surface area contributed by atoms with Crippen molar-refractivity contribution < 1.29 is 9.18 Å². The fourth-order valence-electron chi connectivity index (χ4n) is 2.34. The zero-order valence-electron chi connectivity index (χ0n) is 11.3. The van der Waals surface area contributed by atoms with E-state index in [4.69, 9.17) is 5.73 Å². The third-order valence-electron chi connectivity index (χ3n) is 3.49. The fourth-order valence-corrected chi connectivity index (χ4v) is 2.34. The van der Waals surface area contributed by atoms with Gasteiger partial charge in [0, 0.05) is 25.3 Å². The van der Waals surface area contributed by atoms with Crippen LogP contribution in [0.15, 0.2) is 18.5 Å². The molecule has 0 bridgehead atoms. The van der Waals surface area contributed by atoms with E-state index in [0.717, 1.165) is 19.0 Å². The van der Waals surface area contributed by atoms with Gasteiger partial charge in [0.05, 0.1) is 11.8 Å². The number of piperidine rings is 1. The van der Waals surface area contributed by atoms with Crippen molar-refractivity contribution in [3.05, 3.63) is 29.8 Å². The number of aromatic nitrogens is 1. The molecule has 1 amide bonds. The molecular weight excluding hydrogens is 304 g/mol. The van der Waals surface area contributed by atoms with Crippen LogP contribution < -0.4 is 5.73 Å². The maximum absolute atomic E-state index is 13.5. The number of hydrogen-bond donors (Lipinski definition) is 1. The van der Waals surface area contributed by atoms with Gasteiger partial charge in [-0.2, -0.15) is 0 Å². The van der Waals surface area contributed by atoms with Gasteiger partial charge in [-0.3, -0.25) is 9.78 Å². The van der Waals surface area contributed by atoms with Crippen molar-refractivity contribution in [2.45, 2.75) is 25.8 Å². The molecule has 0 aliphatic carbocycles. The Bertz CT molecular complexity index is 445. The summed E-state index contributed by atoms with van der Waals surface area (Å²) in [5.41, 5.74) is 5.97. The van der Waals surface area contributed by atoms with E-state index in [1.807, 2.05) is 6.92 Å². The average Bonchev–Trinajstić information content (AvgIpc) is 2.38. The lowest BCUT2D eigenvalue weighted by molar-refractivity contribution is 0.0656. The second-order valence-corrected chi connectivity index (χ2v) is 4.87. The van der Waals surface area contributed by atoms with E-state index in [2.05, 4.69) is 4.98 Å². The number of carbonyl (C=O) groups is 1. The largest absolute Gasteiger partial charge is 0.338 e. The third-order valence-corrected chi connectivity index (χ3v) is 3.49. The first-order valence-electron chi connectivity index (χ1n) is 6.24. The van der Waals surface area contributed by atoms with Gasteiger partial charge in [-0.1, -0.05) is 0 Å². The molecule has 0 saturated carbocycles. The molecule has 114 valence electrons. The highest BCUT2D eigenvalue weighted by atomic mass is 35.5. The summed E-state index contributed by atoms with van der Waals surface area (Å²) in [6.07, 6.45) is 4.45. The number of halogens is 3. The van der Waals surface area contributed by atoms with Crippen molar-refractivity contribution in [2.75, 3.05) is 13.1 Å². The Kier molecular flexibility index (Phi) is 8.01. The fraction of sp³-hybridized carbons (Fsp3) is 0.538. The molecule has 1 aromatic rings. The van der Waals surface area contributed by atoms with Crippen LogP contribution in [0, 0.1) is 11.7 Å². The van der Waals surface area contributed by atoms with Gasteiger partial charge >= 0.3 is 0 Å². The Morgan fingerprint density at radius 3 is 2.85 bits per heavy atom. The Labute approximate surface area is 130 Å². The molecular formula is C13H20Cl2FN3O. The normalized spacial score (nSPS) is 19.6. The van der Waals surface area contributed by atoms with Crippen LogP contribution in [0.2, 0.25) is 0 Å². The molecule has 4 nitrogen and oxygen atoms in total. The highest BCUT2D eigenvalue weighted by Crippen LogP contribution is 2.21. The van der Waals surface area contributed by atoms with E-state index < -0.39 is 5.82 Å². The van der Waals surface area contributed by atoms with Crippen molar-refractivity contribution >= 4 is 30.7 Å². The predicted octanol–water partition coefficient (Wildman–Crippen LogP) is 2.26. The van der Waals surface area contributed by atoms with E-state index in [-0.39, 0.29) is 42.3 Å². The van der Waals surface area contributed by atoms with Crippen LogP contribution in [-0.4, -0.2) is 34.9 Å². The third kappa shape index (κ3) is 4.30. The van der Waals surface area contributed by atoms with E-state index in [1.165, 1.54) is 12.3 Å². The van der Waals surface area contributed by atoms with Crippen molar-refractivity contribution in [2.24, 2.45) is 11.7 Å². The molecule has 0 spiro atoms. The van der Waals surface area contributed by atoms with Gasteiger partial charge in [-0.15, -0.1) is 24.8 Å². The highest BCUT2D eigenvalue weighted by molar-refractivity contribution is 5.94. The first-order valence-corrected chi connectivity index (χ1v) is 6.24. The summed E-state index contributed by atoms with van der Waals surface area (Å²) in [6.45, 7) is 3.23. The molecule has 1 aliphatic heterocycles. The molecule has 20 heavy (non-hydrogen) atoms. The molecule has 7 heteroatoms. The van der Waals surface area contributed by atoms with Crippen LogP contribution >= 0.6 is 24.8 Å². The monoisotopic (exact) mass is 323 g/mol. The lowest BCUT2D eigenvalue weighted by atomic mass is 9.92. The van der Waals surface area contributed by atoms with Gasteiger partial charge < -0.3 is 10.6 Å². The average molecular weight is 324 g/mol. The van der Waals surface area contributed by atoms with Crippen molar-refractivity contribution in [1.82, 2.24) is 9.88 Å².